The third-order valence-electron chi connectivity index (χ3n) is 5.78. The molecule has 4 rings (SSSR count). The van der Waals surface area contributed by atoms with Crippen LogP contribution in [0, 0.1) is 33.5 Å². The fraction of sp³-hybridized carbons (Fsp3) is 0.240. The fourth-order valence-corrected chi connectivity index (χ4v) is 4.34. The predicted octanol–water partition coefficient (Wildman–Crippen LogP) is 6.01. The lowest BCUT2D eigenvalue weighted by atomic mass is 10.2. The second kappa shape index (κ2) is 9.95. The molecule has 0 radical (unpaired) electrons. The van der Waals surface area contributed by atoms with Gasteiger partial charge in [-0.05, 0) is 57.6 Å². The molecule has 6 nitrogen and oxygen atoms in total. The second-order valence-corrected chi connectivity index (χ2v) is 8.99. The summed E-state index contributed by atoms with van der Waals surface area (Å²) in [5, 5.41) is 16.6. The smallest absolute Gasteiger partial charge is 0.175 e. The van der Waals surface area contributed by atoms with Crippen LogP contribution in [0.4, 0.5) is 15.8 Å². The molecule has 2 N–H and O–H groups in total. The van der Waals surface area contributed by atoms with Crippen molar-refractivity contribution in [3.63, 3.8) is 0 Å². The minimum Gasteiger partial charge on any atom is -0.329 e. The van der Waals surface area contributed by atoms with E-state index in [0.717, 1.165) is 34.2 Å². The Morgan fingerprint density at radius 3 is 1.97 bits per heavy atom. The van der Waals surface area contributed by atoms with Crippen molar-refractivity contribution in [3.05, 3.63) is 93.3 Å². The standard InChI is InChI=1S/C25H26ClFN6S/c1-15-23(17(3)32(30-15)13-19-9-6-5-7-10-19)28-25(34)29-24-16(2)31-33(18(24)4)14-20-21(26)11-8-12-22(20)27/h5-12H,13-14H2,1-4H3,(H2,28,29,34). The van der Waals surface area contributed by atoms with Crippen LogP contribution < -0.4 is 10.6 Å². The summed E-state index contributed by atoms with van der Waals surface area (Å²) in [5.74, 6) is -0.356. The molecule has 34 heavy (non-hydrogen) atoms. The molecule has 0 fully saturated rings. The summed E-state index contributed by atoms with van der Waals surface area (Å²) in [5.41, 5.74) is 6.65. The first-order valence-electron chi connectivity index (χ1n) is 10.9. The van der Waals surface area contributed by atoms with E-state index in [2.05, 4.69) is 33.0 Å². The summed E-state index contributed by atoms with van der Waals surface area (Å²) in [6.07, 6.45) is 0. The van der Waals surface area contributed by atoms with Gasteiger partial charge in [-0.3, -0.25) is 9.36 Å². The molecular weight excluding hydrogens is 471 g/mol. The molecule has 0 unspecified atom stereocenters. The van der Waals surface area contributed by atoms with Crippen molar-refractivity contribution in [2.45, 2.75) is 40.8 Å². The number of rotatable bonds is 6. The SMILES string of the molecule is Cc1nn(Cc2ccccc2)c(C)c1NC(=S)Nc1c(C)nn(Cc2c(F)cccc2Cl)c1C. The first-order chi connectivity index (χ1) is 16.2. The van der Waals surface area contributed by atoms with E-state index in [9.17, 15) is 4.39 Å². The minimum absolute atomic E-state index is 0.227. The largest absolute Gasteiger partial charge is 0.329 e. The van der Waals surface area contributed by atoms with Crippen LogP contribution in [0.25, 0.3) is 0 Å². The number of hydrogen-bond donors (Lipinski definition) is 2. The van der Waals surface area contributed by atoms with Crippen LogP contribution in [0.15, 0.2) is 48.5 Å². The molecule has 2 aromatic heterocycles. The van der Waals surface area contributed by atoms with Gasteiger partial charge in [-0.2, -0.15) is 10.2 Å². The van der Waals surface area contributed by atoms with E-state index < -0.39 is 0 Å². The number of aryl methyl sites for hydroxylation is 2. The van der Waals surface area contributed by atoms with Gasteiger partial charge in [0, 0.05) is 10.6 Å². The fourth-order valence-electron chi connectivity index (χ4n) is 3.91. The Labute approximate surface area is 208 Å². The second-order valence-electron chi connectivity index (χ2n) is 8.17. The topological polar surface area (TPSA) is 59.7 Å². The van der Waals surface area contributed by atoms with E-state index in [0.29, 0.717) is 22.2 Å². The number of aromatic nitrogens is 4. The van der Waals surface area contributed by atoms with Gasteiger partial charge < -0.3 is 10.6 Å². The van der Waals surface area contributed by atoms with Gasteiger partial charge >= 0.3 is 0 Å². The molecule has 0 saturated heterocycles. The van der Waals surface area contributed by atoms with Crippen molar-refractivity contribution in [1.82, 2.24) is 19.6 Å². The van der Waals surface area contributed by atoms with Crippen LogP contribution in [-0.4, -0.2) is 24.7 Å². The summed E-state index contributed by atoms with van der Waals surface area (Å²) < 4.78 is 17.9. The quantitative estimate of drug-likeness (QED) is 0.320. The van der Waals surface area contributed by atoms with E-state index >= 15 is 0 Å². The Hall–Kier alpha value is -3.23. The Kier molecular flexibility index (Phi) is 7.00. The molecule has 176 valence electrons. The van der Waals surface area contributed by atoms with Crippen molar-refractivity contribution in [2.24, 2.45) is 0 Å². The number of halogens is 2. The summed E-state index contributed by atoms with van der Waals surface area (Å²) in [6, 6.07) is 14.8. The highest BCUT2D eigenvalue weighted by molar-refractivity contribution is 7.80. The Bertz CT molecular complexity index is 1330. The van der Waals surface area contributed by atoms with Crippen molar-refractivity contribution < 1.29 is 4.39 Å². The summed E-state index contributed by atoms with van der Waals surface area (Å²) in [4.78, 5) is 0. The van der Waals surface area contributed by atoms with Gasteiger partial charge in [0.25, 0.3) is 0 Å². The van der Waals surface area contributed by atoms with Crippen LogP contribution in [-0.2, 0) is 13.1 Å². The van der Waals surface area contributed by atoms with E-state index in [1.165, 1.54) is 11.6 Å². The van der Waals surface area contributed by atoms with Gasteiger partial charge in [-0.25, -0.2) is 4.39 Å². The zero-order chi connectivity index (χ0) is 24.4. The Morgan fingerprint density at radius 1 is 0.853 bits per heavy atom. The van der Waals surface area contributed by atoms with Crippen LogP contribution in [0.3, 0.4) is 0 Å². The number of thiocarbonyl (C=S) groups is 1. The van der Waals surface area contributed by atoms with Gasteiger partial charge in [0.15, 0.2) is 5.11 Å². The number of anilines is 2. The molecule has 0 atom stereocenters. The zero-order valence-electron chi connectivity index (χ0n) is 19.5. The lowest BCUT2D eigenvalue weighted by Crippen LogP contribution is -2.21. The molecule has 4 aromatic rings. The minimum atomic E-state index is -0.356. The van der Waals surface area contributed by atoms with E-state index in [4.69, 9.17) is 23.8 Å². The zero-order valence-corrected chi connectivity index (χ0v) is 21.1. The van der Waals surface area contributed by atoms with Crippen molar-refractivity contribution in [1.29, 1.82) is 0 Å². The number of hydrogen-bond acceptors (Lipinski definition) is 3. The van der Waals surface area contributed by atoms with Gasteiger partial charge in [-0.15, -0.1) is 0 Å². The average molecular weight is 497 g/mol. The van der Waals surface area contributed by atoms with Gasteiger partial charge in [-0.1, -0.05) is 48.0 Å². The molecule has 9 heteroatoms. The molecule has 0 saturated carbocycles. The number of benzene rings is 2. The number of nitrogens with one attached hydrogen (secondary N) is 2. The normalized spacial score (nSPS) is 11.0. The maximum atomic E-state index is 14.3. The molecule has 2 aromatic carbocycles. The average Bonchev–Trinajstić information content (AvgIpc) is 3.21. The van der Waals surface area contributed by atoms with Crippen LogP contribution >= 0.6 is 23.8 Å². The van der Waals surface area contributed by atoms with Gasteiger partial charge in [0.05, 0.1) is 47.2 Å². The summed E-state index contributed by atoms with van der Waals surface area (Å²) >= 11 is 11.8. The lowest BCUT2D eigenvalue weighted by molar-refractivity contribution is 0.579. The Morgan fingerprint density at radius 2 is 1.41 bits per heavy atom. The monoisotopic (exact) mass is 496 g/mol. The highest BCUT2D eigenvalue weighted by Gasteiger charge is 2.18. The van der Waals surface area contributed by atoms with Crippen LogP contribution in [0.5, 0.6) is 0 Å². The van der Waals surface area contributed by atoms with Crippen molar-refractivity contribution >= 4 is 40.3 Å². The van der Waals surface area contributed by atoms with E-state index in [1.54, 1.807) is 16.8 Å². The Balaban J connectivity index is 1.50. The highest BCUT2D eigenvalue weighted by Crippen LogP contribution is 2.26. The summed E-state index contributed by atoms with van der Waals surface area (Å²) in [6.45, 7) is 8.66. The lowest BCUT2D eigenvalue weighted by Gasteiger charge is -2.12. The molecule has 2 heterocycles. The highest BCUT2D eigenvalue weighted by atomic mass is 35.5. The first-order valence-corrected chi connectivity index (χ1v) is 11.7. The third kappa shape index (κ3) is 4.98. The maximum Gasteiger partial charge on any atom is 0.175 e. The first kappa shape index (κ1) is 23.9. The van der Waals surface area contributed by atoms with E-state index in [1.807, 2.05) is 50.6 Å². The van der Waals surface area contributed by atoms with Crippen LogP contribution in [0.2, 0.25) is 5.02 Å². The number of nitrogens with zero attached hydrogens (tertiary/aromatic N) is 4. The molecule has 0 aliphatic carbocycles. The van der Waals surface area contributed by atoms with Gasteiger partial charge in [0.1, 0.15) is 5.82 Å². The van der Waals surface area contributed by atoms with Gasteiger partial charge in [0.2, 0.25) is 0 Å². The molecule has 0 aliphatic rings. The van der Waals surface area contributed by atoms with Crippen LogP contribution in [0.1, 0.15) is 33.9 Å². The third-order valence-corrected chi connectivity index (χ3v) is 6.34. The molecular formula is C25H26ClFN6S. The van der Waals surface area contributed by atoms with Crippen molar-refractivity contribution in [3.8, 4) is 0 Å². The molecule has 0 amide bonds. The summed E-state index contributed by atoms with van der Waals surface area (Å²) in [7, 11) is 0. The molecule has 0 spiro atoms. The van der Waals surface area contributed by atoms with E-state index in [-0.39, 0.29) is 12.4 Å². The molecule has 0 bridgehead atoms. The molecule has 0 aliphatic heterocycles. The van der Waals surface area contributed by atoms with Crippen molar-refractivity contribution in [2.75, 3.05) is 10.6 Å². The maximum absolute atomic E-state index is 14.3. The predicted molar refractivity (Wildman–Crippen MR) is 139 cm³/mol.